The normalized spacial score (nSPS) is 11.3. The van der Waals surface area contributed by atoms with Crippen molar-refractivity contribution in [2.45, 2.75) is 9.10 Å². The van der Waals surface area contributed by atoms with Gasteiger partial charge < -0.3 is 0 Å². The van der Waals surface area contributed by atoms with E-state index in [2.05, 4.69) is 4.72 Å². The Morgan fingerprint density at radius 3 is 2.35 bits per heavy atom. The van der Waals surface area contributed by atoms with E-state index in [0.717, 1.165) is 16.2 Å². The van der Waals surface area contributed by atoms with E-state index >= 15 is 0 Å². The monoisotopic (exact) mass is 407 g/mol. The summed E-state index contributed by atoms with van der Waals surface area (Å²) in [6, 6.07) is 15.4. The van der Waals surface area contributed by atoms with E-state index < -0.39 is 10.0 Å². The number of ketones is 1. The number of benzene rings is 2. The first kappa shape index (κ1) is 18.6. The van der Waals surface area contributed by atoms with Crippen molar-refractivity contribution in [2.75, 3.05) is 10.5 Å². The van der Waals surface area contributed by atoms with Crippen LogP contribution in [-0.4, -0.2) is 20.0 Å². The van der Waals surface area contributed by atoms with Gasteiger partial charge in [0.15, 0.2) is 5.78 Å². The van der Waals surface area contributed by atoms with E-state index in [1.54, 1.807) is 35.7 Å². The van der Waals surface area contributed by atoms with Crippen LogP contribution in [0.25, 0.3) is 0 Å². The molecule has 2 aromatic carbocycles. The summed E-state index contributed by atoms with van der Waals surface area (Å²) in [5, 5.41) is 1.70. The number of sulfonamides is 1. The van der Waals surface area contributed by atoms with E-state index in [9.17, 15) is 17.6 Å². The van der Waals surface area contributed by atoms with Crippen LogP contribution in [0.1, 0.15) is 10.4 Å². The summed E-state index contributed by atoms with van der Waals surface area (Å²) >= 11 is 2.48. The highest BCUT2D eigenvalue weighted by atomic mass is 32.2. The molecule has 0 spiro atoms. The number of hydrogen-bond donors (Lipinski definition) is 1. The summed E-state index contributed by atoms with van der Waals surface area (Å²) in [6.45, 7) is 0. The molecule has 0 aliphatic heterocycles. The molecular weight excluding hydrogens is 393 g/mol. The predicted octanol–water partition coefficient (Wildman–Crippen LogP) is 4.66. The maximum Gasteiger partial charge on any atom is 0.271 e. The Hall–Kier alpha value is -2.16. The second kappa shape index (κ2) is 8.03. The third kappa shape index (κ3) is 4.72. The van der Waals surface area contributed by atoms with Crippen LogP contribution in [0.5, 0.6) is 0 Å². The van der Waals surface area contributed by atoms with Crippen molar-refractivity contribution in [3.63, 3.8) is 0 Å². The van der Waals surface area contributed by atoms with Gasteiger partial charge in [-0.05, 0) is 60.0 Å². The predicted molar refractivity (Wildman–Crippen MR) is 103 cm³/mol. The molecule has 0 saturated heterocycles. The van der Waals surface area contributed by atoms with Gasteiger partial charge in [0.2, 0.25) is 0 Å². The Kier molecular flexibility index (Phi) is 5.75. The Balaban J connectivity index is 1.59. The number of anilines is 1. The Morgan fingerprint density at radius 1 is 1.04 bits per heavy atom. The van der Waals surface area contributed by atoms with Gasteiger partial charge in [0.25, 0.3) is 10.0 Å². The highest BCUT2D eigenvalue weighted by Gasteiger charge is 2.15. The highest BCUT2D eigenvalue weighted by Crippen LogP contribution is 2.24. The quantitative estimate of drug-likeness (QED) is 0.457. The van der Waals surface area contributed by atoms with Gasteiger partial charge in [0, 0.05) is 16.1 Å². The first-order valence-corrected chi connectivity index (χ1v) is 10.9. The first-order chi connectivity index (χ1) is 12.4. The van der Waals surface area contributed by atoms with Gasteiger partial charge in [-0.2, -0.15) is 0 Å². The number of rotatable bonds is 7. The minimum atomic E-state index is -3.57. The van der Waals surface area contributed by atoms with Gasteiger partial charge in [-0.25, -0.2) is 12.8 Å². The van der Waals surface area contributed by atoms with Gasteiger partial charge in [0.1, 0.15) is 10.0 Å². The van der Waals surface area contributed by atoms with Crippen molar-refractivity contribution in [1.82, 2.24) is 0 Å². The molecule has 0 unspecified atom stereocenters. The molecule has 3 aromatic rings. The number of hydrogen-bond acceptors (Lipinski definition) is 5. The van der Waals surface area contributed by atoms with Crippen molar-refractivity contribution in [1.29, 1.82) is 0 Å². The molecule has 0 amide bonds. The maximum atomic E-state index is 12.9. The molecule has 0 fully saturated rings. The molecule has 1 aromatic heterocycles. The van der Waals surface area contributed by atoms with Crippen LogP contribution < -0.4 is 4.72 Å². The lowest BCUT2D eigenvalue weighted by Gasteiger charge is -2.07. The Bertz CT molecular complexity index is 983. The Labute approximate surface area is 159 Å². The molecule has 0 saturated carbocycles. The fourth-order valence-electron chi connectivity index (χ4n) is 2.11. The third-order valence-electron chi connectivity index (χ3n) is 3.40. The number of thioether (sulfide) groups is 1. The average Bonchev–Trinajstić information content (AvgIpc) is 3.17. The molecule has 0 radical (unpaired) electrons. The molecule has 134 valence electrons. The zero-order valence-electron chi connectivity index (χ0n) is 13.4. The van der Waals surface area contributed by atoms with Crippen LogP contribution in [0, 0.1) is 5.82 Å². The number of nitrogens with one attached hydrogen (secondary N) is 1. The number of carbonyl (C=O) groups is 1. The molecule has 0 aliphatic rings. The van der Waals surface area contributed by atoms with Gasteiger partial charge in [0.05, 0.1) is 5.75 Å². The summed E-state index contributed by atoms with van der Waals surface area (Å²) in [5.41, 5.74) is 0.909. The number of carbonyl (C=O) groups excluding carboxylic acids is 1. The van der Waals surface area contributed by atoms with E-state index in [4.69, 9.17) is 0 Å². The summed E-state index contributed by atoms with van der Waals surface area (Å²) in [5.74, 6) is -0.265. The zero-order valence-corrected chi connectivity index (χ0v) is 15.8. The summed E-state index contributed by atoms with van der Waals surface area (Å²) in [4.78, 5) is 12.9. The van der Waals surface area contributed by atoms with Crippen molar-refractivity contribution >= 4 is 44.6 Å². The van der Waals surface area contributed by atoms with Gasteiger partial charge >= 0.3 is 0 Å². The minimum Gasteiger partial charge on any atom is -0.293 e. The van der Waals surface area contributed by atoms with Gasteiger partial charge in [-0.3, -0.25) is 9.52 Å². The van der Waals surface area contributed by atoms with Crippen molar-refractivity contribution in [3.05, 3.63) is 77.4 Å². The standard InChI is InChI=1S/C18H14FNO3S3/c19-14-5-3-13(4-6-14)17(21)12-25-16-9-7-15(8-10-16)20-26(22,23)18-2-1-11-24-18/h1-11,20H,12H2. The lowest BCUT2D eigenvalue weighted by Crippen LogP contribution is -2.11. The molecule has 1 N–H and O–H groups in total. The topological polar surface area (TPSA) is 63.2 Å². The molecular formula is C18H14FNO3S3. The van der Waals surface area contributed by atoms with E-state index in [1.807, 2.05) is 0 Å². The number of Topliss-reactive ketones (excluding diaryl/α,β-unsaturated/α-hetero) is 1. The lowest BCUT2D eigenvalue weighted by molar-refractivity contribution is 0.102. The van der Waals surface area contributed by atoms with Crippen LogP contribution in [0.4, 0.5) is 10.1 Å². The van der Waals surface area contributed by atoms with Crippen molar-refractivity contribution < 1.29 is 17.6 Å². The second-order valence-electron chi connectivity index (χ2n) is 5.28. The fraction of sp³-hybridized carbons (Fsp3) is 0.0556. The molecule has 8 heteroatoms. The molecule has 1 heterocycles. The summed E-state index contributed by atoms with van der Waals surface area (Å²) < 4.78 is 40.0. The number of halogens is 1. The minimum absolute atomic E-state index is 0.0996. The molecule has 0 aliphatic carbocycles. The average molecular weight is 408 g/mol. The van der Waals surface area contributed by atoms with Gasteiger partial charge in [-0.1, -0.05) is 6.07 Å². The molecule has 0 atom stereocenters. The van der Waals surface area contributed by atoms with Crippen LogP contribution in [0.15, 0.2) is 75.1 Å². The summed E-state index contributed by atoms with van der Waals surface area (Å²) in [7, 11) is -3.57. The molecule has 0 bridgehead atoms. The second-order valence-corrected chi connectivity index (χ2v) is 9.19. The van der Waals surface area contributed by atoms with Crippen LogP contribution in [-0.2, 0) is 10.0 Å². The van der Waals surface area contributed by atoms with E-state index in [0.29, 0.717) is 11.3 Å². The smallest absolute Gasteiger partial charge is 0.271 e. The van der Waals surface area contributed by atoms with Crippen molar-refractivity contribution in [2.24, 2.45) is 0 Å². The SMILES string of the molecule is O=C(CSc1ccc(NS(=O)(=O)c2cccs2)cc1)c1ccc(F)cc1. The van der Waals surface area contributed by atoms with Crippen LogP contribution in [0.3, 0.4) is 0 Å². The maximum absolute atomic E-state index is 12.9. The highest BCUT2D eigenvalue weighted by molar-refractivity contribution is 8.00. The number of thiophene rings is 1. The lowest BCUT2D eigenvalue weighted by atomic mass is 10.1. The third-order valence-corrected chi connectivity index (χ3v) is 7.19. The van der Waals surface area contributed by atoms with Crippen LogP contribution in [0.2, 0.25) is 0 Å². The van der Waals surface area contributed by atoms with E-state index in [-0.39, 0.29) is 21.6 Å². The zero-order chi connectivity index (χ0) is 18.6. The molecule has 3 rings (SSSR count). The van der Waals surface area contributed by atoms with Crippen LogP contribution >= 0.6 is 23.1 Å². The van der Waals surface area contributed by atoms with Crippen molar-refractivity contribution in [3.8, 4) is 0 Å². The fourth-order valence-corrected chi connectivity index (χ4v) is 4.95. The Morgan fingerprint density at radius 2 is 1.73 bits per heavy atom. The summed E-state index contributed by atoms with van der Waals surface area (Å²) in [6.07, 6.45) is 0. The first-order valence-electron chi connectivity index (χ1n) is 7.52. The van der Waals surface area contributed by atoms with Gasteiger partial charge in [-0.15, -0.1) is 23.1 Å². The molecule has 26 heavy (non-hydrogen) atoms. The molecule has 4 nitrogen and oxygen atoms in total. The largest absolute Gasteiger partial charge is 0.293 e. The van der Waals surface area contributed by atoms with E-state index in [1.165, 1.54) is 42.1 Å².